The maximum Gasteiger partial charge on any atom is 0.207 e. The van der Waals surface area contributed by atoms with Gasteiger partial charge < -0.3 is 15.4 Å². The molecule has 1 rings (SSSR count). The zero-order valence-corrected chi connectivity index (χ0v) is 6.50. The molecule has 0 bridgehead atoms. The van der Waals surface area contributed by atoms with Gasteiger partial charge in [-0.3, -0.25) is 0 Å². The molecule has 3 N–H and O–H groups in total. The molecule has 0 aliphatic carbocycles. The average molecular weight is 205 g/mol. The van der Waals surface area contributed by atoms with Crippen LogP contribution in [0, 0.1) is 0 Å². The maximum absolute atomic E-state index is 8.21. The SMILES string of the molecule is N/C(=N\O)c1occc1Br. The summed E-state index contributed by atoms with van der Waals surface area (Å²) in [6.45, 7) is 0. The highest BCUT2D eigenvalue weighted by molar-refractivity contribution is 9.10. The molecule has 1 heterocycles. The van der Waals surface area contributed by atoms with Gasteiger partial charge in [-0.2, -0.15) is 0 Å². The predicted molar refractivity (Wildman–Crippen MR) is 38.9 cm³/mol. The fourth-order valence-corrected chi connectivity index (χ4v) is 0.926. The average Bonchev–Trinajstić information content (AvgIpc) is 2.34. The second kappa shape index (κ2) is 2.74. The summed E-state index contributed by atoms with van der Waals surface area (Å²) in [7, 11) is 0. The van der Waals surface area contributed by atoms with Crippen molar-refractivity contribution in [3.63, 3.8) is 0 Å². The molecule has 0 aliphatic rings. The molecule has 1 aromatic rings. The van der Waals surface area contributed by atoms with Gasteiger partial charge in [0.25, 0.3) is 0 Å². The Morgan fingerprint density at radius 1 is 1.80 bits per heavy atom. The molecular weight excluding hydrogens is 200 g/mol. The van der Waals surface area contributed by atoms with Crippen LogP contribution in [0.1, 0.15) is 5.76 Å². The van der Waals surface area contributed by atoms with E-state index in [2.05, 4.69) is 21.1 Å². The number of oxime groups is 1. The molecule has 0 fully saturated rings. The van der Waals surface area contributed by atoms with Crippen LogP contribution in [0.2, 0.25) is 0 Å². The van der Waals surface area contributed by atoms with Crippen molar-refractivity contribution in [3.8, 4) is 0 Å². The second-order valence-corrected chi connectivity index (χ2v) is 2.44. The van der Waals surface area contributed by atoms with Gasteiger partial charge in [0.05, 0.1) is 10.7 Å². The maximum atomic E-state index is 8.21. The lowest BCUT2D eigenvalue weighted by Gasteiger charge is -1.90. The molecule has 0 saturated carbocycles. The minimum absolute atomic E-state index is 0.0446. The van der Waals surface area contributed by atoms with Crippen LogP contribution in [0.5, 0.6) is 0 Å². The minimum atomic E-state index is -0.0446. The van der Waals surface area contributed by atoms with Gasteiger partial charge in [-0.1, -0.05) is 5.16 Å². The van der Waals surface area contributed by atoms with E-state index in [9.17, 15) is 0 Å². The van der Waals surface area contributed by atoms with Crippen LogP contribution in [0.15, 0.2) is 26.4 Å². The van der Waals surface area contributed by atoms with E-state index < -0.39 is 0 Å². The first-order chi connectivity index (χ1) is 4.75. The van der Waals surface area contributed by atoms with Gasteiger partial charge in [0.2, 0.25) is 5.84 Å². The highest BCUT2D eigenvalue weighted by Gasteiger charge is 2.06. The quantitative estimate of drug-likeness (QED) is 0.312. The fraction of sp³-hybridized carbons (Fsp3) is 0. The number of rotatable bonds is 1. The summed E-state index contributed by atoms with van der Waals surface area (Å²) < 4.78 is 5.52. The summed E-state index contributed by atoms with van der Waals surface area (Å²) in [5.41, 5.74) is 5.22. The Kier molecular flexibility index (Phi) is 1.96. The molecule has 0 amide bonds. The van der Waals surface area contributed by atoms with Gasteiger partial charge in [-0.15, -0.1) is 0 Å². The Hall–Kier alpha value is -0.970. The van der Waals surface area contributed by atoms with Crippen LogP contribution < -0.4 is 5.73 Å². The molecule has 5 heteroatoms. The van der Waals surface area contributed by atoms with Crippen molar-refractivity contribution in [2.24, 2.45) is 10.9 Å². The van der Waals surface area contributed by atoms with E-state index in [1.807, 2.05) is 0 Å². The molecule has 0 atom stereocenters. The fourth-order valence-electron chi connectivity index (χ4n) is 0.522. The van der Waals surface area contributed by atoms with Gasteiger partial charge in [0.1, 0.15) is 0 Å². The molecule has 0 aliphatic heterocycles. The summed E-state index contributed by atoms with van der Waals surface area (Å²) >= 11 is 3.14. The lowest BCUT2D eigenvalue weighted by molar-refractivity contribution is 0.317. The van der Waals surface area contributed by atoms with Gasteiger partial charge in [0, 0.05) is 0 Å². The molecule has 10 heavy (non-hydrogen) atoms. The lowest BCUT2D eigenvalue weighted by atomic mass is 10.4. The normalized spacial score (nSPS) is 11.9. The zero-order chi connectivity index (χ0) is 7.56. The summed E-state index contributed by atoms with van der Waals surface area (Å²) in [4.78, 5) is 0. The Bertz CT molecular complexity index is 256. The summed E-state index contributed by atoms with van der Waals surface area (Å²) in [6, 6.07) is 1.66. The molecule has 54 valence electrons. The van der Waals surface area contributed by atoms with Gasteiger partial charge in [-0.05, 0) is 22.0 Å². The van der Waals surface area contributed by atoms with Crippen molar-refractivity contribution in [2.75, 3.05) is 0 Å². The number of furan rings is 1. The van der Waals surface area contributed by atoms with Crippen molar-refractivity contribution >= 4 is 21.8 Å². The third-order valence-corrected chi connectivity index (χ3v) is 1.58. The standard InChI is InChI=1S/C5H5BrN2O2/c6-3-1-2-10-4(3)5(7)8-9/h1-2,9H,(H2,7,8). The third kappa shape index (κ3) is 1.13. The van der Waals surface area contributed by atoms with Gasteiger partial charge in [-0.25, -0.2) is 0 Å². The lowest BCUT2D eigenvalue weighted by Crippen LogP contribution is -2.12. The molecule has 1 aromatic heterocycles. The first-order valence-corrected chi connectivity index (χ1v) is 3.26. The Morgan fingerprint density at radius 3 is 2.90 bits per heavy atom. The van der Waals surface area contributed by atoms with E-state index in [4.69, 9.17) is 15.4 Å². The summed E-state index contributed by atoms with van der Waals surface area (Å²) in [5.74, 6) is 0.291. The first-order valence-electron chi connectivity index (χ1n) is 2.46. The molecule has 0 aromatic carbocycles. The van der Waals surface area contributed by atoms with E-state index in [-0.39, 0.29) is 5.84 Å². The van der Waals surface area contributed by atoms with E-state index in [0.717, 1.165) is 0 Å². The highest BCUT2D eigenvalue weighted by atomic mass is 79.9. The first kappa shape index (κ1) is 7.14. The Morgan fingerprint density at radius 2 is 2.50 bits per heavy atom. The number of amidine groups is 1. The Labute approximate surface area is 65.4 Å². The van der Waals surface area contributed by atoms with Crippen molar-refractivity contribution in [2.45, 2.75) is 0 Å². The number of nitrogens with zero attached hydrogens (tertiary/aromatic N) is 1. The largest absolute Gasteiger partial charge is 0.460 e. The topological polar surface area (TPSA) is 71.8 Å². The molecule has 0 radical (unpaired) electrons. The second-order valence-electron chi connectivity index (χ2n) is 1.58. The molecular formula is C5H5BrN2O2. The Balaban J connectivity index is 3.05. The molecule has 0 saturated heterocycles. The van der Waals surface area contributed by atoms with Crippen LogP contribution in [0.25, 0.3) is 0 Å². The van der Waals surface area contributed by atoms with Crippen molar-refractivity contribution in [1.82, 2.24) is 0 Å². The van der Waals surface area contributed by atoms with Gasteiger partial charge >= 0.3 is 0 Å². The number of nitrogens with two attached hydrogens (primary N) is 1. The van der Waals surface area contributed by atoms with Crippen LogP contribution in [-0.2, 0) is 0 Å². The van der Waals surface area contributed by atoms with Crippen LogP contribution >= 0.6 is 15.9 Å². The third-order valence-electron chi connectivity index (χ3n) is 0.958. The van der Waals surface area contributed by atoms with Crippen molar-refractivity contribution in [1.29, 1.82) is 0 Å². The number of hydrogen-bond donors (Lipinski definition) is 2. The van der Waals surface area contributed by atoms with E-state index in [0.29, 0.717) is 10.2 Å². The highest BCUT2D eigenvalue weighted by Crippen LogP contribution is 2.16. The molecule has 0 unspecified atom stereocenters. The predicted octanol–water partition coefficient (Wildman–Crippen LogP) is 1.14. The summed E-state index contributed by atoms with van der Waals surface area (Å²) in [5, 5.41) is 11.0. The van der Waals surface area contributed by atoms with Crippen LogP contribution in [-0.4, -0.2) is 11.0 Å². The van der Waals surface area contributed by atoms with E-state index in [1.165, 1.54) is 6.26 Å². The van der Waals surface area contributed by atoms with E-state index in [1.54, 1.807) is 6.07 Å². The number of halogens is 1. The monoisotopic (exact) mass is 204 g/mol. The van der Waals surface area contributed by atoms with Crippen molar-refractivity contribution < 1.29 is 9.62 Å². The molecule has 0 spiro atoms. The smallest absolute Gasteiger partial charge is 0.207 e. The minimum Gasteiger partial charge on any atom is -0.460 e. The van der Waals surface area contributed by atoms with Crippen LogP contribution in [0.4, 0.5) is 0 Å². The number of hydrogen-bond acceptors (Lipinski definition) is 3. The van der Waals surface area contributed by atoms with Gasteiger partial charge in [0.15, 0.2) is 5.76 Å². The van der Waals surface area contributed by atoms with Crippen LogP contribution in [0.3, 0.4) is 0 Å². The van der Waals surface area contributed by atoms with Crippen molar-refractivity contribution in [3.05, 3.63) is 22.6 Å². The molecule has 4 nitrogen and oxygen atoms in total. The summed E-state index contributed by atoms with van der Waals surface area (Å²) in [6.07, 6.45) is 1.44. The zero-order valence-electron chi connectivity index (χ0n) is 4.91. The van der Waals surface area contributed by atoms with E-state index >= 15 is 0 Å².